The third-order valence-electron chi connectivity index (χ3n) is 7.69. The van der Waals surface area contributed by atoms with Gasteiger partial charge in [0, 0.05) is 31.7 Å². The predicted octanol–water partition coefficient (Wildman–Crippen LogP) is 6.84. The third-order valence-corrected chi connectivity index (χ3v) is 9.26. The summed E-state index contributed by atoms with van der Waals surface area (Å²) in [6, 6.07) is 8.64. The number of carbonyl (C=O) groups is 1. The summed E-state index contributed by atoms with van der Waals surface area (Å²) in [6.07, 6.45) is 6.93. The number of amides is 1. The SMILES string of the molecule is CC[C@H]1CCCCN1C(=O)c1cc(OC)c2c(c1)nc(-c1cc3sc(Br)cc3n1CC1CC1)n2C. The van der Waals surface area contributed by atoms with Gasteiger partial charge in [-0.2, -0.15) is 0 Å². The summed E-state index contributed by atoms with van der Waals surface area (Å²) in [4.78, 5) is 20.7. The molecular weight excluding hydrogens is 524 g/mol. The zero-order valence-corrected chi connectivity index (χ0v) is 22.9. The third kappa shape index (κ3) is 3.99. The van der Waals surface area contributed by atoms with Crippen molar-refractivity contribution in [3.8, 4) is 17.3 Å². The number of aryl methyl sites for hydroxylation is 1. The molecule has 2 fully saturated rings. The van der Waals surface area contributed by atoms with Gasteiger partial charge in [-0.15, -0.1) is 11.3 Å². The number of aromatic nitrogens is 3. The minimum atomic E-state index is 0.0893. The standard InChI is InChI=1S/C27H31BrN4O2S/c1-4-18-7-5-6-10-31(18)27(33)17-11-19-25(22(12-17)34-3)30(2)26(29-19)21-13-23-20(14-24(28)35-23)32(21)15-16-8-9-16/h11-14,16,18H,4-10,15H2,1-3H3/t18-/m0/s1. The number of methoxy groups -OCH3 is 1. The number of halogens is 1. The van der Waals surface area contributed by atoms with Crippen LogP contribution in [0.2, 0.25) is 0 Å². The van der Waals surface area contributed by atoms with Crippen molar-refractivity contribution in [1.82, 2.24) is 19.0 Å². The zero-order chi connectivity index (χ0) is 24.3. The molecule has 0 spiro atoms. The molecule has 6 rings (SSSR count). The average Bonchev–Trinajstić information content (AvgIpc) is 3.42. The van der Waals surface area contributed by atoms with Crippen LogP contribution in [0.25, 0.3) is 32.8 Å². The summed E-state index contributed by atoms with van der Waals surface area (Å²) in [5.41, 5.74) is 4.78. The quantitative estimate of drug-likeness (QED) is 0.262. The summed E-state index contributed by atoms with van der Waals surface area (Å²) in [5, 5.41) is 0. The van der Waals surface area contributed by atoms with Crippen molar-refractivity contribution >= 4 is 54.4 Å². The molecule has 0 N–H and O–H groups in total. The van der Waals surface area contributed by atoms with Crippen molar-refractivity contribution in [2.24, 2.45) is 13.0 Å². The van der Waals surface area contributed by atoms with E-state index >= 15 is 0 Å². The summed E-state index contributed by atoms with van der Waals surface area (Å²) < 4.78 is 12.8. The molecular formula is C27H31BrN4O2S. The minimum Gasteiger partial charge on any atom is -0.494 e. The van der Waals surface area contributed by atoms with E-state index in [9.17, 15) is 4.79 Å². The minimum absolute atomic E-state index is 0.0893. The van der Waals surface area contributed by atoms with E-state index in [0.717, 1.165) is 64.6 Å². The second-order valence-electron chi connectivity index (χ2n) is 9.98. The number of ether oxygens (including phenoxy) is 1. The van der Waals surface area contributed by atoms with Gasteiger partial charge >= 0.3 is 0 Å². The van der Waals surface area contributed by atoms with Gasteiger partial charge in [0.15, 0.2) is 5.82 Å². The Morgan fingerprint density at radius 2 is 2.03 bits per heavy atom. The van der Waals surface area contributed by atoms with Crippen molar-refractivity contribution < 1.29 is 9.53 Å². The maximum Gasteiger partial charge on any atom is 0.254 e. The highest BCUT2D eigenvalue weighted by atomic mass is 79.9. The van der Waals surface area contributed by atoms with Gasteiger partial charge in [0.25, 0.3) is 5.91 Å². The lowest BCUT2D eigenvalue weighted by atomic mass is 9.98. The maximum absolute atomic E-state index is 13.6. The topological polar surface area (TPSA) is 52.3 Å². The largest absolute Gasteiger partial charge is 0.494 e. The first-order chi connectivity index (χ1) is 17.0. The van der Waals surface area contributed by atoms with Crippen LogP contribution in [0.4, 0.5) is 0 Å². The molecule has 1 amide bonds. The fourth-order valence-electron chi connectivity index (χ4n) is 5.63. The zero-order valence-electron chi connectivity index (χ0n) is 20.5. The van der Waals surface area contributed by atoms with Crippen LogP contribution < -0.4 is 4.74 Å². The van der Waals surface area contributed by atoms with Crippen LogP contribution in [-0.2, 0) is 13.6 Å². The van der Waals surface area contributed by atoms with Crippen LogP contribution in [0.5, 0.6) is 5.75 Å². The van der Waals surface area contributed by atoms with Gasteiger partial charge < -0.3 is 18.8 Å². The highest BCUT2D eigenvalue weighted by molar-refractivity contribution is 9.11. The van der Waals surface area contributed by atoms with Crippen LogP contribution in [0.1, 0.15) is 55.8 Å². The van der Waals surface area contributed by atoms with Gasteiger partial charge in [-0.1, -0.05) is 6.92 Å². The molecule has 2 aliphatic rings. The first-order valence-corrected chi connectivity index (χ1v) is 14.2. The Morgan fingerprint density at radius 3 is 2.77 bits per heavy atom. The highest BCUT2D eigenvalue weighted by Gasteiger charge is 2.29. The molecule has 6 nitrogen and oxygen atoms in total. The molecule has 0 radical (unpaired) electrons. The van der Waals surface area contributed by atoms with Crippen molar-refractivity contribution in [3.05, 3.63) is 33.6 Å². The second kappa shape index (κ2) is 8.96. The fraction of sp³-hybridized carbons (Fsp3) is 0.481. The highest BCUT2D eigenvalue weighted by Crippen LogP contribution is 2.41. The molecule has 184 valence electrons. The van der Waals surface area contributed by atoms with E-state index < -0.39 is 0 Å². The molecule has 8 heteroatoms. The molecule has 4 aromatic rings. The number of fused-ring (bicyclic) bond motifs is 2. The molecule has 1 aliphatic carbocycles. The second-order valence-corrected chi connectivity index (χ2v) is 12.4. The number of rotatable bonds is 6. The molecule has 1 aliphatic heterocycles. The Balaban J connectivity index is 1.46. The van der Waals surface area contributed by atoms with E-state index in [2.05, 4.69) is 49.0 Å². The first kappa shape index (κ1) is 23.1. The molecule has 0 unspecified atom stereocenters. The molecule has 0 bridgehead atoms. The van der Waals surface area contributed by atoms with Crippen LogP contribution >= 0.6 is 27.3 Å². The van der Waals surface area contributed by atoms with Gasteiger partial charge in [0.05, 0.1) is 32.3 Å². The number of thiophene rings is 1. The van der Waals surface area contributed by atoms with Crippen molar-refractivity contribution in [2.75, 3.05) is 13.7 Å². The number of benzene rings is 1. The Hall–Kier alpha value is -2.32. The number of hydrogen-bond acceptors (Lipinski definition) is 4. The average molecular weight is 556 g/mol. The summed E-state index contributed by atoms with van der Waals surface area (Å²) >= 11 is 5.42. The maximum atomic E-state index is 13.6. The van der Waals surface area contributed by atoms with E-state index in [0.29, 0.717) is 17.4 Å². The van der Waals surface area contributed by atoms with Gasteiger partial charge in [-0.25, -0.2) is 4.98 Å². The van der Waals surface area contributed by atoms with Crippen molar-refractivity contribution in [2.45, 2.75) is 58.0 Å². The summed E-state index contributed by atoms with van der Waals surface area (Å²) in [5.74, 6) is 2.44. The van der Waals surface area contributed by atoms with E-state index in [1.54, 1.807) is 18.4 Å². The van der Waals surface area contributed by atoms with Crippen LogP contribution in [0.15, 0.2) is 28.1 Å². The lowest BCUT2D eigenvalue weighted by molar-refractivity contribution is 0.0608. The van der Waals surface area contributed by atoms with E-state index in [-0.39, 0.29) is 5.91 Å². The molecule has 1 aromatic carbocycles. The molecule has 3 aromatic heterocycles. The van der Waals surface area contributed by atoms with Crippen molar-refractivity contribution in [1.29, 1.82) is 0 Å². The monoisotopic (exact) mass is 554 g/mol. The summed E-state index contributed by atoms with van der Waals surface area (Å²) in [7, 11) is 3.72. The Morgan fingerprint density at radius 1 is 1.20 bits per heavy atom. The van der Waals surface area contributed by atoms with E-state index in [1.807, 2.05) is 19.2 Å². The Bertz CT molecular complexity index is 1430. The molecule has 1 saturated carbocycles. The number of likely N-dealkylation sites (tertiary alicyclic amines) is 1. The van der Waals surface area contributed by atoms with Gasteiger partial charge in [-0.05, 0) is 84.6 Å². The normalized spacial score (nSPS) is 18.6. The van der Waals surface area contributed by atoms with Crippen molar-refractivity contribution in [3.63, 3.8) is 0 Å². The first-order valence-electron chi connectivity index (χ1n) is 12.6. The van der Waals surface area contributed by atoms with Gasteiger partial charge in [0.2, 0.25) is 0 Å². The van der Waals surface area contributed by atoms with Crippen LogP contribution in [0, 0.1) is 5.92 Å². The smallest absolute Gasteiger partial charge is 0.254 e. The fourth-order valence-corrected chi connectivity index (χ4v) is 7.19. The van der Waals surface area contributed by atoms with E-state index in [4.69, 9.17) is 9.72 Å². The van der Waals surface area contributed by atoms with Gasteiger partial charge in [-0.3, -0.25) is 4.79 Å². The number of piperidine rings is 1. The summed E-state index contributed by atoms with van der Waals surface area (Å²) in [6.45, 7) is 4.01. The predicted molar refractivity (Wildman–Crippen MR) is 145 cm³/mol. The van der Waals surface area contributed by atoms with Gasteiger partial charge in [0.1, 0.15) is 11.3 Å². The van der Waals surface area contributed by atoms with E-state index in [1.165, 1.54) is 29.5 Å². The number of hydrogen-bond donors (Lipinski definition) is 0. The van der Waals surface area contributed by atoms with Crippen LogP contribution in [-0.4, -0.2) is 44.6 Å². The molecule has 4 heterocycles. The Kier molecular flexibility index (Phi) is 5.92. The number of carbonyl (C=O) groups excluding carboxylic acids is 1. The number of nitrogens with zero attached hydrogens (tertiary/aromatic N) is 4. The molecule has 1 saturated heterocycles. The van der Waals surface area contributed by atoms with Crippen LogP contribution in [0.3, 0.4) is 0 Å². The molecule has 1 atom stereocenters. The Labute approximate surface area is 218 Å². The number of imidazole rings is 1. The molecule has 35 heavy (non-hydrogen) atoms. The lowest BCUT2D eigenvalue weighted by Gasteiger charge is -2.35. The lowest BCUT2D eigenvalue weighted by Crippen LogP contribution is -2.43.